The van der Waals surface area contributed by atoms with Crippen molar-refractivity contribution in [3.8, 4) is 6.07 Å². The zero-order chi connectivity index (χ0) is 9.68. The van der Waals surface area contributed by atoms with E-state index in [4.69, 9.17) is 5.26 Å². The van der Waals surface area contributed by atoms with Crippen molar-refractivity contribution < 1.29 is 0 Å². The molecule has 4 heteroatoms. The Morgan fingerprint density at radius 3 is 3.00 bits per heavy atom. The van der Waals surface area contributed by atoms with E-state index in [0.29, 0.717) is 6.54 Å². The fraction of sp³-hybridized carbons (Fsp3) is 0.556. The van der Waals surface area contributed by atoms with Gasteiger partial charge in [0.25, 0.3) is 0 Å². The fourth-order valence-corrected chi connectivity index (χ4v) is 1.61. The molecular formula is C9H13N3S. The molecule has 0 aromatic carbocycles. The lowest BCUT2D eigenvalue weighted by molar-refractivity contribution is 0.581. The molecule has 0 amide bonds. The van der Waals surface area contributed by atoms with E-state index >= 15 is 0 Å². The summed E-state index contributed by atoms with van der Waals surface area (Å²) in [5.74, 6) is 0. The van der Waals surface area contributed by atoms with Crippen molar-refractivity contribution in [2.24, 2.45) is 0 Å². The third-order valence-corrected chi connectivity index (χ3v) is 2.58. The molecule has 0 aliphatic rings. The minimum Gasteiger partial charge on any atom is -0.296 e. The number of nitriles is 1. The molecule has 1 unspecified atom stereocenters. The number of hydrogen-bond donors (Lipinski definition) is 1. The lowest BCUT2D eigenvalue weighted by Gasteiger charge is -2.06. The molecule has 0 radical (unpaired) electrons. The Hall–Kier alpha value is -0.920. The molecule has 0 saturated heterocycles. The topological polar surface area (TPSA) is 48.7 Å². The Bertz CT molecular complexity index is 300. The first-order chi connectivity index (χ1) is 6.26. The Labute approximate surface area is 82.4 Å². The van der Waals surface area contributed by atoms with E-state index in [0.717, 1.165) is 17.1 Å². The van der Waals surface area contributed by atoms with Gasteiger partial charge in [-0.15, -0.1) is 11.3 Å². The van der Waals surface area contributed by atoms with Crippen LogP contribution in [0.3, 0.4) is 0 Å². The number of aryl methyl sites for hydroxylation is 1. The minimum absolute atomic E-state index is 0.0537. The molecule has 1 rings (SSSR count). The first kappa shape index (κ1) is 10.2. The molecule has 70 valence electrons. The molecule has 13 heavy (non-hydrogen) atoms. The molecule has 1 aromatic heterocycles. The zero-order valence-corrected chi connectivity index (χ0v) is 8.69. The second-order valence-electron chi connectivity index (χ2n) is 2.83. The highest BCUT2D eigenvalue weighted by Crippen LogP contribution is 2.07. The van der Waals surface area contributed by atoms with Gasteiger partial charge >= 0.3 is 0 Å². The second-order valence-corrected chi connectivity index (χ2v) is 3.89. The third-order valence-electron chi connectivity index (χ3n) is 1.76. The van der Waals surface area contributed by atoms with Crippen LogP contribution in [-0.2, 0) is 6.54 Å². The molecule has 0 aliphatic heterocycles. The number of aromatic nitrogens is 1. The van der Waals surface area contributed by atoms with Crippen LogP contribution in [0.15, 0.2) is 5.38 Å². The van der Waals surface area contributed by atoms with Crippen molar-refractivity contribution in [3.63, 3.8) is 0 Å². The molecule has 1 N–H and O–H groups in total. The maximum atomic E-state index is 8.68. The molecule has 1 aromatic rings. The van der Waals surface area contributed by atoms with Gasteiger partial charge in [-0.1, -0.05) is 6.92 Å². The molecular weight excluding hydrogens is 182 g/mol. The van der Waals surface area contributed by atoms with Crippen molar-refractivity contribution >= 4 is 11.3 Å². The van der Waals surface area contributed by atoms with Crippen LogP contribution < -0.4 is 5.32 Å². The lowest BCUT2D eigenvalue weighted by Crippen LogP contribution is -2.26. The summed E-state index contributed by atoms with van der Waals surface area (Å²) in [5, 5.41) is 14.9. The third kappa shape index (κ3) is 3.13. The molecule has 1 heterocycles. The van der Waals surface area contributed by atoms with Gasteiger partial charge in [-0.25, -0.2) is 4.98 Å². The van der Waals surface area contributed by atoms with Gasteiger partial charge in [0.2, 0.25) is 0 Å². The minimum atomic E-state index is -0.0537. The van der Waals surface area contributed by atoms with Crippen LogP contribution in [0.4, 0.5) is 0 Å². The summed E-state index contributed by atoms with van der Waals surface area (Å²) in [4.78, 5) is 4.30. The van der Waals surface area contributed by atoms with Crippen LogP contribution in [0.1, 0.15) is 24.0 Å². The zero-order valence-electron chi connectivity index (χ0n) is 7.87. The van der Waals surface area contributed by atoms with Crippen LogP contribution in [-0.4, -0.2) is 11.0 Å². The van der Waals surface area contributed by atoms with Crippen molar-refractivity contribution in [2.75, 3.05) is 0 Å². The summed E-state index contributed by atoms with van der Waals surface area (Å²) in [6, 6.07) is 2.14. The predicted octanol–water partition coefficient (Wildman–Crippen LogP) is 1.84. The fourth-order valence-electron chi connectivity index (χ4n) is 0.998. The summed E-state index contributed by atoms with van der Waals surface area (Å²) in [6.45, 7) is 4.67. The summed E-state index contributed by atoms with van der Waals surface area (Å²) in [7, 11) is 0. The average molecular weight is 195 g/mol. The van der Waals surface area contributed by atoms with Crippen LogP contribution in [0.25, 0.3) is 0 Å². The number of nitrogens with one attached hydrogen (secondary N) is 1. The van der Waals surface area contributed by atoms with E-state index in [1.165, 1.54) is 0 Å². The standard InChI is InChI=1S/C9H13N3S/c1-3-8(4-10)11-5-9-6-13-7(2)12-9/h6,8,11H,3,5H2,1-2H3. The van der Waals surface area contributed by atoms with E-state index in [-0.39, 0.29) is 6.04 Å². The normalized spacial score (nSPS) is 12.4. The maximum absolute atomic E-state index is 8.68. The first-order valence-corrected chi connectivity index (χ1v) is 5.18. The first-order valence-electron chi connectivity index (χ1n) is 4.30. The van der Waals surface area contributed by atoms with Gasteiger partial charge in [-0.2, -0.15) is 5.26 Å². The Kier molecular flexibility index (Phi) is 3.87. The lowest BCUT2D eigenvalue weighted by atomic mass is 10.2. The van der Waals surface area contributed by atoms with E-state index in [9.17, 15) is 0 Å². The number of rotatable bonds is 4. The SMILES string of the molecule is CCC(C#N)NCc1csc(C)n1. The Morgan fingerprint density at radius 2 is 2.54 bits per heavy atom. The molecule has 0 aliphatic carbocycles. The van der Waals surface area contributed by atoms with Crippen LogP contribution in [0.2, 0.25) is 0 Å². The van der Waals surface area contributed by atoms with E-state index in [2.05, 4.69) is 16.4 Å². The smallest absolute Gasteiger partial charge is 0.0953 e. The highest BCUT2D eigenvalue weighted by atomic mass is 32.1. The van der Waals surface area contributed by atoms with Gasteiger partial charge in [-0.3, -0.25) is 5.32 Å². The van der Waals surface area contributed by atoms with Gasteiger partial charge in [-0.05, 0) is 13.3 Å². The van der Waals surface area contributed by atoms with Crippen molar-refractivity contribution in [1.29, 1.82) is 5.26 Å². The largest absolute Gasteiger partial charge is 0.296 e. The highest BCUT2D eigenvalue weighted by Gasteiger charge is 2.04. The van der Waals surface area contributed by atoms with E-state index < -0.39 is 0 Å². The molecule has 0 fully saturated rings. The molecule has 1 atom stereocenters. The second kappa shape index (κ2) is 4.95. The molecule has 0 saturated carbocycles. The van der Waals surface area contributed by atoms with Crippen LogP contribution >= 0.6 is 11.3 Å². The molecule has 3 nitrogen and oxygen atoms in total. The van der Waals surface area contributed by atoms with Crippen LogP contribution in [0.5, 0.6) is 0 Å². The maximum Gasteiger partial charge on any atom is 0.0953 e. The monoisotopic (exact) mass is 195 g/mol. The van der Waals surface area contributed by atoms with Gasteiger partial charge < -0.3 is 0 Å². The number of thiazole rings is 1. The Morgan fingerprint density at radius 1 is 1.77 bits per heavy atom. The van der Waals surface area contributed by atoms with Crippen molar-refractivity contribution in [1.82, 2.24) is 10.3 Å². The molecule has 0 spiro atoms. The summed E-state index contributed by atoms with van der Waals surface area (Å²) in [6.07, 6.45) is 0.833. The molecule has 0 bridgehead atoms. The van der Waals surface area contributed by atoms with Gasteiger partial charge in [0.05, 0.1) is 22.8 Å². The van der Waals surface area contributed by atoms with Crippen molar-refractivity contribution in [3.05, 3.63) is 16.1 Å². The summed E-state index contributed by atoms with van der Waals surface area (Å²) in [5.41, 5.74) is 1.02. The number of nitrogens with zero attached hydrogens (tertiary/aromatic N) is 2. The van der Waals surface area contributed by atoms with Crippen molar-refractivity contribution in [2.45, 2.75) is 32.9 Å². The van der Waals surface area contributed by atoms with E-state index in [1.807, 2.05) is 19.2 Å². The Balaban J connectivity index is 2.39. The predicted molar refractivity (Wildman–Crippen MR) is 53.4 cm³/mol. The van der Waals surface area contributed by atoms with E-state index in [1.54, 1.807) is 11.3 Å². The quantitative estimate of drug-likeness (QED) is 0.797. The number of hydrogen-bond acceptors (Lipinski definition) is 4. The van der Waals surface area contributed by atoms with Gasteiger partial charge in [0.1, 0.15) is 0 Å². The highest BCUT2D eigenvalue weighted by molar-refractivity contribution is 7.09. The van der Waals surface area contributed by atoms with Crippen LogP contribution in [0, 0.1) is 18.3 Å². The average Bonchev–Trinajstić information content (AvgIpc) is 2.53. The summed E-state index contributed by atoms with van der Waals surface area (Å²) < 4.78 is 0. The van der Waals surface area contributed by atoms with Gasteiger partial charge in [0, 0.05) is 11.9 Å². The van der Waals surface area contributed by atoms with Gasteiger partial charge in [0.15, 0.2) is 0 Å². The summed E-state index contributed by atoms with van der Waals surface area (Å²) >= 11 is 1.64.